The highest BCUT2D eigenvalue weighted by molar-refractivity contribution is 6.04. The van der Waals surface area contributed by atoms with Crippen LogP contribution in [-0.2, 0) is 0 Å². The normalized spacial score (nSPS) is 10.4. The molecule has 0 aliphatic heterocycles. The van der Waals surface area contributed by atoms with Crippen molar-refractivity contribution < 1.29 is 27.1 Å². The molecular formula is C15H11F4NO2. The van der Waals surface area contributed by atoms with Crippen LogP contribution < -0.4 is 10.1 Å². The number of amides is 1. The van der Waals surface area contributed by atoms with Crippen LogP contribution in [0.4, 0.5) is 23.2 Å². The number of ether oxygens (including phenoxy) is 1. The molecule has 0 saturated carbocycles. The maximum Gasteiger partial charge on any atom is 0.258 e. The number of hydrogen-bond acceptors (Lipinski definition) is 2. The van der Waals surface area contributed by atoms with Gasteiger partial charge in [0, 0.05) is 11.8 Å². The van der Waals surface area contributed by atoms with Gasteiger partial charge in [-0.2, -0.15) is 0 Å². The zero-order valence-corrected chi connectivity index (χ0v) is 11.4. The minimum absolute atomic E-state index is 0.237. The molecule has 2 aromatic carbocycles. The van der Waals surface area contributed by atoms with Crippen molar-refractivity contribution in [2.45, 2.75) is 6.92 Å². The summed E-state index contributed by atoms with van der Waals surface area (Å²) < 4.78 is 57.8. The predicted octanol–water partition coefficient (Wildman–Crippen LogP) is 3.89. The summed E-state index contributed by atoms with van der Waals surface area (Å²) in [6.07, 6.45) is 0. The maximum atomic E-state index is 13.5. The second kappa shape index (κ2) is 6.46. The van der Waals surface area contributed by atoms with Crippen molar-refractivity contribution in [2.24, 2.45) is 0 Å². The van der Waals surface area contributed by atoms with Gasteiger partial charge in [0.05, 0.1) is 12.2 Å². The van der Waals surface area contributed by atoms with E-state index in [1.807, 2.05) is 0 Å². The smallest absolute Gasteiger partial charge is 0.258 e. The van der Waals surface area contributed by atoms with Gasteiger partial charge in [0.15, 0.2) is 23.3 Å². The van der Waals surface area contributed by atoms with E-state index in [9.17, 15) is 22.4 Å². The van der Waals surface area contributed by atoms with Crippen LogP contribution in [0.15, 0.2) is 30.3 Å². The lowest BCUT2D eigenvalue weighted by Gasteiger charge is -2.09. The fourth-order valence-electron chi connectivity index (χ4n) is 1.77. The SMILES string of the molecule is CCOc1cccc(NC(=O)c2cc(F)c(F)c(F)c2F)c1. The van der Waals surface area contributed by atoms with Gasteiger partial charge in [0.2, 0.25) is 0 Å². The number of hydrogen-bond donors (Lipinski definition) is 1. The fraction of sp³-hybridized carbons (Fsp3) is 0.133. The predicted molar refractivity (Wildman–Crippen MR) is 71.8 cm³/mol. The number of halogens is 4. The molecule has 2 aromatic rings. The lowest BCUT2D eigenvalue weighted by atomic mass is 10.1. The number of nitrogens with one attached hydrogen (secondary N) is 1. The fourth-order valence-corrected chi connectivity index (χ4v) is 1.77. The molecule has 1 amide bonds. The van der Waals surface area contributed by atoms with Crippen LogP contribution >= 0.6 is 0 Å². The van der Waals surface area contributed by atoms with Crippen molar-refractivity contribution in [3.8, 4) is 5.75 Å². The van der Waals surface area contributed by atoms with Crippen molar-refractivity contribution in [3.05, 3.63) is 59.2 Å². The van der Waals surface area contributed by atoms with E-state index in [1.165, 1.54) is 12.1 Å². The summed E-state index contributed by atoms with van der Waals surface area (Å²) in [4.78, 5) is 11.9. The summed E-state index contributed by atoms with van der Waals surface area (Å²) in [5, 5.41) is 2.26. The average Bonchev–Trinajstić information content (AvgIpc) is 2.49. The Kier molecular flexibility index (Phi) is 4.65. The molecule has 7 heteroatoms. The van der Waals surface area contributed by atoms with E-state index >= 15 is 0 Å². The first-order chi connectivity index (χ1) is 10.4. The minimum atomic E-state index is -2.03. The molecule has 0 aromatic heterocycles. The van der Waals surface area contributed by atoms with Crippen molar-refractivity contribution >= 4 is 11.6 Å². The van der Waals surface area contributed by atoms with Crippen LogP contribution in [0.2, 0.25) is 0 Å². The largest absolute Gasteiger partial charge is 0.494 e. The Bertz CT molecular complexity index is 719. The Balaban J connectivity index is 2.28. The molecule has 0 atom stereocenters. The van der Waals surface area contributed by atoms with Crippen LogP contribution in [0, 0.1) is 23.3 Å². The molecule has 116 valence electrons. The van der Waals surface area contributed by atoms with Gasteiger partial charge in [-0.05, 0) is 25.1 Å². The molecule has 0 radical (unpaired) electrons. The summed E-state index contributed by atoms with van der Waals surface area (Å²) in [5.41, 5.74) is -0.696. The zero-order valence-electron chi connectivity index (χ0n) is 11.4. The number of carbonyl (C=O) groups excluding carboxylic acids is 1. The lowest BCUT2D eigenvalue weighted by molar-refractivity contribution is 0.102. The van der Waals surface area contributed by atoms with Gasteiger partial charge in [-0.1, -0.05) is 6.07 Å². The van der Waals surface area contributed by atoms with Gasteiger partial charge in [-0.15, -0.1) is 0 Å². The van der Waals surface area contributed by atoms with Gasteiger partial charge in [0.1, 0.15) is 5.75 Å². The molecule has 0 aliphatic rings. The van der Waals surface area contributed by atoms with Crippen LogP contribution in [0.25, 0.3) is 0 Å². The van der Waals surface area contributed by atoms with Crippen molar-refractivity contribution in [1.82, 2.24) is 0 Å². The number of anilines is 1. The topological polar surface area (TPSA) is 38.3 Å². The molecule has 1 N–H and O–H groups in total. The van der Waals surface area contributed by atoms with E-state index < -0.39 is 34.7 Å². The first kappa shape index (κ1) is 15.8. The maximum absolute atomic E-state index is 13.5. The zero-order chi connectivity index (χ0) is 16.3. The van der Waals surface area contributed by atoms with Gasteiger partial charge in [-0.3, -0.25) is 4.79 Å². The molecule has 0 aliphatic carbocycles. The van der Waals surface area contributed by atoms with E-state index in [2.05, 4.69) is 5.32 Å². The lowest BCUT2D eigenvalue weighted by Crippen LogP contribution is -2.16. The summed E-state index contributed by atoms with van der Waals surface area (Å²) in [5.74, 6) is -8.05. The average molecular weight is 313 g/mol. The van der Waals surface area contributed by atoms with E-state index in [-0.39, 0.29) is 5.69 Å². The summed E-state index contributed by atoms with van der Waals surface area (Å²) >= 11 is 0. The van der Waals surface area contributed by atoms with E-state index in [1.54, 1.807) is 19.1 Å². The summed E-state index contributed by atoms with van der Waals surface area (Å²) in [7, 11) is 0. The number of benzene rings is 2. The summed E-state index contributed by atoms with van der Waals surface area (Å²) in [6.45, 7) is 2.17. The first-order valence-corrected chi connectivity index (χ1v) is 6.31. The summed E-state index contributed by atoms with van der Waals surface area (Å²) in [6, 6.07) is 6.44. The Hall–Kier alpha value is -2.57. The van der Waals surface area contributed by atoms with E-state index in [4.69, 9.17) is 4.74 Å². The third-order valence-electron chi connectivity index (χ3n) is 2.75. The van der Waals surface area contributed by atoms with Crippen LogP contribution in [0.3, 0.4) is 0 Å². The third-order valence-corrected chi connectivity index (χ3v) is 2.75. The highest BCUT2D eigenvalue weighted by Gasteiger charge is 2.23. The minimum Gasteiger partial charge on any atom is -0.494 e. The van der Waals surface area contributed by atoms with Crippen LogP contribution in [0.5, 0.6) is 5.75 Å². The highest BCUT2D eigenvalue weighted by Crippen LogP contribution is 2.21. The molecular weight excluding hydrogens is 302 g/mol. The quantitative estimate of drug-likeness (QED) is 0.528. The third kappa shape index (κ3) is 3.19. The van der Waals surface area contributed by atoms with Crippen molar-refractivity contribution in [3.63, 3.8) is 0 Å². The van der Waals surface area contributed by atoms with Crippen molar-refractivity contribution in [2.75, 3.05) is 11.9 Å². The van der Waals surface area contributed by atoms with Crippen molar-refractivity contribution in [1.29, 1.82) is 0 Å². The Morgan fingerprint density at radius 3 is 2.50 bits per heavy atom. The Morgan fingerprint density at radius 2 is 1.82 bits per heavy atom. The van der Waals surface area contributed by atoms with Gasteiger partial charge < -0.3 is 10.1 Å². The standard InChI is InChI=1S/C15H11F4NO2/c1-2-22-9-5-3-4-8(6-9)20-15(21)10-7-11(16)13(18)14(19)12(10)17/h3-7H,2H2,1H3,(H,20,21). The molecule has 0 fully saturated rings. The van der Waals surface area contributed by atoms with Gasteiger partial charge in [-0.25, -0.2) is 17.6 Å². The molecule has 22 heavy (non-hydrogen) atoms. The molecule has 0 saturated heterocycles. The molecule has 2 rings (SSSR count). The number of carbonyl (C=O) groups is 1. The molecule has 3 nitrogen and oxygen atoms in total. The highest BCUT2D eigenvalue weighted by atomic mass is 19.2. The van der Waals surface area contributed by atoms with E-state index in [0.29, 0.717) is 18.4 Å². The second-order valence-corrected chi connectivity index (χ2v) is 4.26. The molecule has 0 heterocycles. The molecule has 0 spiro atoms. The van der Waals surface area contributed by atoms with Gasteiger partial charge in [0.25, 0.3) is 5.91 Å². The first-order valence-electron chi connectivity index (χ1n) is 6.31. The molecule has 0 bridgehead atoms. The van der Waals surface area contributed by atoms with Crippen LogP contribution in [-0.4, -0.2) is 12.5 Å². The van der Waals surface area contributed by atoms with Gasteiger partial charge >= 0.3 is 0 Å². The number of rotatable bonds is 4. The Labute approximate surface area is 123 Å². The second-order valence-electron chi connectivity index (χ2n) is 4.26. The monoisotopic (exact) mass is 313 g/mol. The molecule has 0 unspecified atom stereocenters. The Morgan fingerprint density at radius 1 is 1.09 bits per heavy atom. The van der Waals surface area contributed by atoms with E-state index in [0.717, 1.165) is 0 Å². The van der Waals surface area contributed by atoms with Crippen LogP contribution in [0.1, 0.15) is 17.3 Å².